The van der Waals surface area contributed by atoms with Crippen molar-refractivity contribution in [2.45, 2.75) is 25.6 Å². The topological polar surface area (TPSA) is 80.1 Å². The van der Waals surface area contributed by atoms with Gasteiger partial charge in [-0.05, 0) is 49.2 Å². The second-order valence-corrected chi connectivity index (χ2v) is 11.6. The van der Waals surface area contributed by atoms with E-state index < -0.39 is 16.9 Å². The number of nitrogens with zero attached hydrogens (tertiary/aromatic N) is 4. The minimum absolute atomic E-state index is 0.0370. The number of carbonyl (C=O) groups is 2. The van der Waals surface area contributed by atoms with E-state index in [0.717, 1.165) is 28.4 Å². The van der Waals surface area contributed by atoms with Crippen LogP contribution < -0.4 is 10.2 Å². The highest BCUT2D eigenvalue weighted by molar-refractivity contribution is 8.00. The third-order valence-electron chi connectivity index (χ3n) is 7.68. The zero-order valence-corrected chi connectivity index (χ0v) is 24.9. The fourth-order valence-corrected chi connectivity index (χ4v) is 6.53. The van der Waals surface area contributed by atoms with Crippen LogP contribution in [0.2, 0.25) is 0 Å². The second kappa shape index (κ2) is 12.4. The number of benzene rings is 3. The number of carbonyl (C=O) groups excluding carboxylic acids is 2. The number of amides is 2. The molecule has 0 aliphatic carbocycles. The summed E-state index contributed by atoms with van der Waals surface area (Å²) in [6.07, 6.45) is 1.64. The summed E-state index contributed by atoms with van der Waals surface area (Å²) in [7, 11) is 0. The lowest BCUT2D eigenvalue weighted by Crippen LogP contribution is -2.42. The average molecular weight is 610 g/mol. The maximum Gasteiger partial charge on any atom is 0.240 e. The van der Waals surface area contributed by atoms with Crippen LogP contribution in [0.4, 0.5) is 14.6 Å². The molecule has 10 heteroatoms. The van der Waals surface area contributed by atoms with Gasteiger partial charge < -0.3 is 5.32 Å². The highest BCUT2D eigenvalue weighted by atomic mass is 32.2. The van der Waals surface area contributed by atoms with Gasteiger partial charge in [-0.3, -0.25) is 19.5 Å². The Morgan fingerprint density at radius 1 is 1.00 bits per heavy atom. The Bertz CT molecular complexity index is 1850. The number of aryl methyl sites for hydroxylation is 1. The smallest absolute Gasteiger partial charge is 0.240 e. The van der Waals surface area contributed by atoms with E-state index in [1.54, 1.807) is 23.0 Å². The third kappa shape index (κ3) is 5.72. The number of halogens is 2. The van der Waals surface area contributed by atoms with E-state index in [4.69, 9.17) is 5.10 Å². The molecule has 1 N–H and O–H groups in total. The predicted molar refractivity (Wildman–Crippen MR) is 168 cm³/mol. The zero-order valence-electron chi connectivity index (χ0n) is 24.1. The number of aromatic nitrogens is 3. The van der Waals surface area contributed by atoms with E-state index in [9.17, 15) is 14.0 Å². The standard InChI is InChI=1S/C34H29F2N5O2S/c1-21-9-8-13-28(22(21)2)41-34-31(32(39-41)23-10-4-3-5-11-23)33(26-15-14-24(35)17-27(26)36)44-20-30(43)40(34)19-29(42)38-18-25-12-6-7-16-37-25/h3-17,33H,18-20H2,1-2H3,(H,38,42). The number of fused-ring (bicyclic) bond motifs is 1. The molecule has 3 heterocycles. The number of pyridine rings is 1. The Morgan fingerprint density at radius 2 is 1.80 bits per heavy atom. The summed E-state index contributed by atoms with van der Waals surface area (Å²) >= 11 is 1.23. The maximum absolute atomic E-state index is 15.5. The molecule has 1 aliphatic heterocycles. The van der Waals surface area contributed by atoms with Crippen LogP contribution in [0, 0.1) is 25.5 Å². The fraction of sp³-hybridized carbons (Fsp3) is 0.176. The van der Waals surface area contributed by atoms with Crippen molar-refractivity contribution >= 4 is 29.4 Å². The van der Waals surface area contributed by atoms with Gasteiger partial charge in [-0.25, -0.2) is 13.5 Å². The molecule has 0 bridgehead atoms. The molecule has 0 fully saturated rings. The van der Waals surface area contributed by atoms with Crippen molar-refractivity contribution in [3.05, 3.63) is 131 Å². The summed E-state index contributed by atoms with van der Waals surface area (Å²) in [5.74, 6) is -1.80. The van der Waals surface area contributed by atoms with Crippen LogP contribution in [0.3, 0.4) is 0 Å². The third-order valence-corrected chi connectivity index (χ3v) is 8.92. The van der Waals surface area contributed by atoms with Gasteiger partial charge in [0.2, 0.25) is 11.8 Å². The van der Waals surface area contributed by atoms with Crippen LogP contribution in [0.25, 0.3) is 16.9 Å². The van der Waals surface area contributed by atoms with Crippen molar-refractivity contribution in [3.63, 3.8) is 0 Å². The Balaban J connectivity index is 1.56. The predicted octanol–water partition coefficient (Wildman–Crippen LogP) is 6.31. The molecule has 222 valence electrons. The summed E-state index contributed by atoms with van der Waals surface area (Å²) < 4.78 is 31.2. The molecule has 1 aliphatic rings. The minimum atomic E-state index is -0.721. The highest BCUT2D eigenvalue weighted by Crippen LogP contribution is 2.49. The van der Waals surface area contributed by atoms with Gasteiger partial charge in [0.25, 0.3) is 0 Å². The average Bonchev–Trinajstić information content (AvgIpc) is 3.35. The molecule has 0 radical (unpaired) electrons. The summed E-state index contributed by atoms with van der Waals surface area (Å²) in [5.41, 5.74) is 5.44. The zero-order chi connectivity index (χ0) is 30.8. The first-order chi connectivity index (χ1) is 21.3. The SMILES string of the molecule is Cc1cccc(-n2nc(-c3ccccc3)c3c2N(CC(=O)NCc2ccccn2)C(=O)CSC3c2ccc(F)cc2F)c1C. The molecule has 44 heavy (non-hydrogen) atoms. The van der Waals surface area contributed by atoms with E-state index in [2.05, 4.69) is 10.3 Å². The van der Waals surface area contributed by atoms with E-state index in [-0.39, 0.29) is 36.2 Å². The molecule has 2 aromatic heterocycles. The van der Waals surface area contributed by atoms with Gasteiger partial charge in [0.05, 0.1) is 34.6 Å². The monoisotopic (exact) mass is 609 g/mol. The van der Waals surface area contributed by atoms with Crippen molar-refractivity contribution in [2.75, 3.05) is 17.2 Å². The van der Waals surface area contributed by atoms with Gasteiger partial charge in [0, 0.05) is 29.0 Å². The summed E-state index contributed by atoms with van der Waals surface area (Å²) in [6.45, 7) is 3.86. The first kappa shape index (κ1) is 29.3. The van der Waals surface area contributed by atoms with Gasteiger partial charge in [0.15, 0.2) is 0 Å². The van der Waals surface area contributed by atoms with Crippen LogP contribution >= 0.6 is 11.8 Å². The van der Waals surface area contributed by atoms with Gasteiger partial charge in [-0.15, -0.1) is 11.8 Å². The molecule has 7 nitrogen and oxygen atoms in total. The number of thioether (sulfide) groups is 1. The lowest BCUT2D eigenvalue weighted by atomic mass is 9.99. The van der Waals surface area contributed by atoms with E-state index >= 15 is 4.39 Å². The summed E-state index contributed by atoms with van der Waals surface area (Å²) in [5, 5.41) is 7.20. The van der Waals surface area contributed by atoms with E-state index in [1.807, 2.05) is 68.4 Å². The number of nitrogens with one attached hydrogen (secondary N) is 1. The van der Waals surface area contributed by atoms with Crippen LogP contribution in [0.1, 0.15) is 33.2 Å². The second-order valence-electron chi connectivity index (χ2n) is 10.5. The fourth-order valence-electron chi connectivity index (χ4n) is 5.31. The van der Waals surface area contributed by atoms with Crippen LogP contribution in [0.15, 0.2) is 91.1 Å². The molecule has 0 saturated heterocycles. The molecular formula is C34H29F2N5O2S. The largest absolute Gasteiger partial charge is 0.349 e. The molecule has 0 saturated carbocycles. The highest BCUT2D eigenvalue weighted by Gasteiger charge is 2.38. The van der Waals surface area contributed by atoms with E-state index in [0.29, 0.717) is 22.8 Å². The number of hydrogen-bond acceptors (Lipinski definition) is 5. The van der Waals surface area contributed by atoms with Crippen molar-refractivity contribution in [1.29, 1.82) is 0 Å². The Morgan fingerprint density at radius 3 is 2.55 bits per heavy atom. The van der Waals surface area contributed by atoms with Gasteiger partial charge in [0.1, 0.15) is 24.0 Å². The molecule has 2 amide bonds. The molecule has 3 aromatic carbocycles. The quantitative estimate of drug-likeness (QED) is 0.234. The molecule has 1 atom stereocenters. The van der Waals surface area contributed by atoms with Crippen LogP contribution in [0.5, 0.6) is 0 Å². The Hall–Kier alpha value is -4.83. The van der Waals surface area contributed by atoms with Gasteiger partial charge in [-0.1, -0.05) is 54.6 Å². The van der Waals surface area contributed by atoms with Crippen LogP contribution in [-0.4, -0.2) is 38.9 Å². The normalized spacial score (nSPS) is 14.7. The van der Waals surface area contributed by atoms with Gasteiger partial charge in [-0.2, -0.15) is 5.10 Å². The number of anilines is 1. The number of hydrogen-bond donors (Lipinski definition) is 1. The minimum Gasteiger partial charge on any atom is -0.349 e. The van der Waals surface area contributed by atoms with Crippen molar-refractivity contribution in [1.82, 2.24) is 20.1 Å². The molecule has 5 aromatic rings. The molecule has 1 unspecified atom stereocenters. The number of rotatable bonds is 7. The Labute approximate surface area is 257 Å². The van der Waals surface area contributed by atoms with Crippen molar-refractivity contribution < 1.29 is 18.4 Å². The van der Waals surface area contributed by atoms with Crippen LogP contribution in [-0.2, 0) is 16.1 Å². The van der Waals surface area contributed by atoms with Crippen molar-refractivity contribution in [3.8, 4) is 16.9 Å². The lowest BCUT2D eigenvalue weighted by Gasteiger charge is -2.24. The lowest BCUT2D eigenvalue weighted by molar-refractivity contribution is -0.123. The maximum atomic E-state index is 15.5. The summed E-state index contributed by atoms with van der Waals surface area (Å²) in [4.78, 5) is 33.0. The van der Waals surface area contributed by atoms with Gasteiger partial charge >= 0.3 is 0 Å². The molecular weight excluding hydrogens is 580 g/mol. The van der Waals surface area contributed by atoms with E-state index in [1.165, 1.54) is 28.8 Å². The van der Waals surface area contributed by atoms with Crippen molar-refractivity contribution in [2.24, 2.45) is 0 Å². The first-order valence-corrected chi connectivity index (χ1v) is 15.1. The first-order valence-electron chi connectivity index (χ1n) is 14.1. The summed E-state index contributed by atoms with van der Waals surface area (Å²) in [6, 6.07) is 24.1. The Kier molecular flexibility index (Phi) is 8.25. The molecule has 6 rings (SSSR count). The molecule has 0 spiro atoms.